The van der Waals surface area contributed by atoms with Crippen molar-refractivity contribution < 1.29 is 0 Å². The Labute approximate surface area is 96.0 Å². The van der Waals surface area contributed by atoms with E-state index in [-0.39, 0.29) is 0 Å². The van der Waals surface area contributed by atoms with Crippen LogP contribution in [-0.4, -0.2) is 0 Å². The molecule has 66 valence electrons. The fraction of sp³-hybridized carbons (Fsp3) is 0.0909. The fourth-order valence-corrected chi connectivity index (χ4v) is 2.19. The van der Waals surface area contributed by atoms with Crippen LogP contribution in [-0.2, 0) is 5.88 Å². The summed E-state index contributed by atoms with van der Waals surface area (Å²) in [6.45, 7) is 0. The van der Waals surface area contributed by atoms with Gasteiger partial charge in [0, 0.05) is 9.45 Å². The van der Waals surface area contributed by atoms with Crippen molar-refractivity contribution in [2.75, 3.05) is 0 Å². The van der Waals surface area contributed by atoms with Crippen LogP contribution in [0.25, 0.3) is 10.8 Å². The Morgan fingerprint density at radius 3 is 2.77 bits per heavy atom. The van der Waals surface area contributed by atoms with Gasteiger partial charge in [-0.1, -0.05) is 24.3 Å². The molecule has 0 saturated carbocycles. The zero-order valence-corrected chi connectivity index (χ0v) is 9.84. The van der Waals surface area contributed by atoms with Gasteiger partial charge in [-0.2, -0.15) is 0 Å². The summed E-state index contributed by atoms with van der Waals surface area (Å²) in [5.74, 6) is 0.581. The van der Waals surface area contributed by atoms with Gasteiger partial charge in [0.15, 0.2) is 0 Å². The molecule has 0 nitrogen and oxygen atoms in total. The zero-order valence-electron chi connectivity index (χ0n) is 6.93. The molecule has 2 heteroatoms. The second kappa shape index (κ2) is 3.84. The molecule has 0 aliphatic rings. The molecule has 0 heterocycles. The van der Waals surface area contributed by atoms with E-state index in [0.717, 1.165) is 0 Å². The SMILES string of the molecule is ClCc1cccc2cc(I)ccc12. The molecule has 0 spiro atoms. The number of hydrogen-bond acceptors (Lipinski definition) is 0. The van der Waals surface area contributed by atoms with Crippen LogP contribution in [0.2, 0.25) is 0 Å². The molecule has 0 aromatic heterocycles. The number of benzene rings is 2. The first-order valence-corrected chi connectivity index (χ1v) is 5.66. The van der Waals surface area contributed by atoms with Crippen molar-refractivity contribution in [1.29, 1.82) is 0 Å². The van der Waals surface area contributed by atoms with E-state index < -0.39 is 0 Å². The molecule has 0 bridgehead atoms. The Morgan fingerprint density at radius 1 is 1.15 bits per heavy atom. The monoisotopic (exact) mass is 302 g/mol. The van der Waals surface area contributed by atoms with Crippen molar-refractivity contribution >= 4 is 45.0 Å². The number of alkyl halides is 1. The predicted octanol–water partition coefficient (Wildman–Crippen LogP) is 4.18. The lowest BCUT2D eigenvalue weighted by Crippen LogP contribution is -1.82. The predicted molar refractivity (Wildman–Crippen MR) is 66.2 cm³/mol. The second-order valence-corrected chi connectivity index (χ2v) is 4.43. The molecule has 0 aliphatic carbocycles. The molecule has 2 rings (SSSR count). The van der Waals surface area contributed by atoms with Gasteiger partial charge in [-0.25, -0.2) is 0 Å². The number of halogens is 2. The third-order valence-corrected chi connectivity index (χ3v) is 3.04. The summed E-state index contributed by atoms with van der Waals surface area (Å²) in [6, 6.07) is 12.7. The van der Waals surface area contributed by atoms with Crippen molar-refractivity contribution in [2.45, 2.75) is 5.88 Å². The standard InChI is InChI=1S/C11H8ClI/c12-7-9-3-1-2-8-6-10(13)4-5-11(8)9/h1-6H,7H2. The first kappa shape index (κ1) is 9.28. The lowest BCUT2D eigenvalue weighted by atomic mass is 10.1. The van der Waals surface area contributed by atoms with Crippen molar-refractivity contribution in [3.05, 3.63) is 45.5 Å². The van der Waals surface area contributed by atoms with Crippen LogP contribution < -0.4 is 0 Å². The third-order valence-electron chi connectivity index (χ3n) is 2.08. The molecule has 13 heavy (non-hydrogen) atoms. The molecule has 0 unspecified atom stereocenters. The molecule has 0 N–H and O–H groups in total. The van der Waals surface area contributed by atoms with Gasteiger partial charge in [-0.15, -0.1) is 11.6 Å². The molecule has 0 fully saturated rings. The summed E-state index contributed by atoms with van der Waals surface area (Å²) in [6.07, 6.45) is 0. The Morgan fingerprint density at radius 2 is 2.00 bits per heavy atom. The maximum Gasteiger partial charge on any atom is 0.0480 e. The Hall–Kier alpha value is -0.280. The summed E-state index contributed by atoms with van der Waals surface area (Å²) in [5, 5.41) is 2.53. The van der Waals surface area contributed by atoms with E-state index in [9.17, 15) is 0 Å². The second-order valence-electron chi connectivity index (χ2n) is 2.92. The van der Waals surface area contributed by atoms with Crippen LogP contribution in [0, 0.1) is 3.57 Å². The van der Waals surface area contributed by atoms with Crippen LogP contribution in [0.3, 0.4) is 0 Å². The number of hydrogen-bond donors (Lipinski definition) is 0. The average molecular weight is 303 g/mol. The van der Waals surface area contributed by atoms with E-state index in [1.807, 2.05) is 0 Å². The Kier molecular flexibility index (Phi) is 2.74. The van der Waals surface area contributed by atoms with E-state index in [4.69, 9.17) is 11.6 Å². The Balaban J connectivity index is 2.77. The van der Waals surface area contributed by atoms with Gasteiger partial charge in [0.1, 0.15) is 0 Å². The topological polar surface area (TPSA) is 0 Å². The molecule has 0 saturated heterocycles. The smallest absolute Gasteiger partial charge is 0.0480 e. The fourth-order valence-electron chi connectivity index (χ4n) is 1.44. The first-order chi connectivity index (χ1) is 6.31. The minimum Gasteiger partial charge on any atom is -0.122 e. The van der Waals surface area contributed by atoms with E-state index in [1.54, 1.807) is 0 Å². The summed E-state index contributed by atoms with van der Waals surface area (Å²) in [7, 11) is 0. The molecule has 0 atom stereocenters. The van der Waals surface area contributed by atoms with Gasteiger partial charge in [0.2, 0.25) is 0 Å². The van der Waals surface area contributed by atoms with Gasteiger partial charge in [0.25, 0.3) is 0 Å². The van der Waals surface area contributed by atoms with Crippen molar-refractivity contribution in [2.24, 2.45) is 0 Å². The van der Waals surface area contributed by atoms with Crippen molar-refractivity contribution in [3.8, 4) is 0 Å². The van der Waals surface area contributed by atoms with E-state index >= 15 is 0 Å². The molecular formula is C11H8ClI. The minimum absolute atomic E-state index is 0.581. The van der Waals surface area contributed by atoms with Gasteiger partial charge in [0.05, 0.1) is 0 Å². The number of fused-ring (bicyclic) bond motifs is 1. The highest BCUT2D eigenvalue weighted by Crippen LogP contribution is 2.22. The normalized spacial score (nSPS) is 10.6. The van der Waals surface area contributed by atoms with Crippen molar-refractivity contribution in [3.63, 3.8) is 0 Å². The minimum atomic E-state index is 0.581. The molecule has 2 aromatic carbocycles. The maximum atomic E-state index is 5.84. The maximum absolute atomic E-state index is 5.84. The largest absolute Gasteiger partial charge is 0.122 e. The summed E-state index contributed by atoms with van der Waals surface area (Å²) < 4.78 is 1.26. The van der Waals surface area contributed by atoms with Crippen LogP contribution in [0.1, 0.15) is 5.56 Å². The van der Waals surface area contributed by atoms with Gasteiger partial charge in [-0.3, -0.25) is 0 Å². The Bertz CT molecular complexity index is 437. The third kappa shape index (κ3) is 1.81. The highest BCUT2D eigenvalue weighted by atomic mass is 127. The molecule has 0 aliphatic heterocycles. The zero-order chi connectivity index (χ0) is 9.26. The highest BCUT2D eigenvalue weighted by molar-refractivity contribution is 14.1. The lowest BCUT2D eigenvalue weighted by Gasteiger charge is -2.02. The lowest BCUT2D eigenvalue weighted by molar-refractivity contribution is 1.45. The molecule has 0 amide bonds. The van der Waals surface area contributed by atoms with E-state index in [0.29, 0.717) is 5.88 Å². The summed E-state index contributed by atoms with van der Waals surface area (Å²) >= 11 is 8.16. The van der Waals surface area contributed by atoms with Gasteiger partial charge in [-0.05, 0) is 51.1 Å². The van der Waals surface area contributed by atoms with E-state index in [1.165, 1.54) is 19.9 Å². The van der Waals surface area contributed by atoms with Crippen LogP contribution in [0.15, 0.2) is 36.4 Å². The van der Waals surface area contributed by atoms with Crippen LogP contribution in [0.4, 0.5) is 0 Å². The quantitative estimate of drug-likeness (QED) is 0.547. The van der Waals surface area contributed by atoms with Crippen LogP contribution in [0.5, 0.6) is 0 Å². The van der Waals surface area contributed by atoms with Crippen molar-refractivity contribution in [1.82, 2.24) is 0 Å². The van der Waals surface area contributed by atoms with Crippen LogP contribution >= 0.6 is 34.2 Å². The summed E-state index contributed by atoms with van der Waals surface area (Å²) in [4.78, 5) is 0. The average Bonchev–Trinajstić information content (AvgIpc) is 2.16. The summed E-state index contributed by atoms with van der Waals surface area (Å²) in [5.41, 5.74) is 1.20. The number of rotatable bonds is 1. The molecule has 2 aromatic rings. The van der Waals surface area contributed by atoms with E-state index in [2.05, 4.69) is 59.0 Å². The molecule has 0 radical (unpaired) electrons. The first-order valence-electron chi connectivity index (χ1n) is 4.04. The van der Waals surface area contributed by atoms with Gasteiger partial charge < -0.3 is 0 Å². The molecular weight excluding hydrogens is 294 g/mol. The van der Waals surface area contributed by atoms with Gasteiger partial charge >= 0.3 is 0 Å². The highest BCUT2D eigenvalue weighted by Gasteiger charge is 1.98.